The Morgan fingerprint density at radius 2 is 1.76 bits per heavy atom. The third-order valence-corrected chi connectivity index (χ3v) is 5.49. The van der Waals surface area contributed by atoms with Crippen molar-refractivity contribution in [1.29, 1.82) is 0 Å². The summed E-state index contributed by atoms with van der Waals surface area (Å²) in [6, 6.07) is 17.8. The summed E-state index contributed by atoms with van der Waals surface area (Å²) >= 11 is 6.20. The number of hydrogen-bond acceptors (Lipinski definition) is 2. The Balaban J connectivity index is 1.64. The van der Waals surface area contributed by atoms with Gasteiger partial charge in [0.05, 0.1) is 0 Å². The smallest absolute Gasteiger partial charge is 0.227 e. The summed E-state index contributed by atoms with van der Waals surface area (Å²) in [6.45, 7) is 4.43. The van der Waals surface area contributed by atoms with Gasteiger partial charge in [0.15, 0.2) is 0 Å². The molecule has 29 heavy (non-hydrogen) atoms. The first-order valence-electron chi connectivity index (χ1n) is 9.51. The van der Waals surface area contributed by atoms with Crippen molar-refractivity contribution < 1.29 is 13.9 Å². The molecule has 1 amide bonds. The summed E-state index contributed by atoms with van der Waals surface area (Å²) in [6.07, 6.45) is 0.383. The van der Waals surface area contributed by atoms with Crippen LogP contribution in [0.5, 0.6) is 11.5 Å². The molecule has 1 fully saturated rings. The highest BCUT2D eigenvalue weighted by atomic mass is 35.5. The van der Waals surface area contributed by atoms with E-state index < -0.39 is 0 Å². The number of halogens is 2. The maximum absolute atomic E-state index is 13.7. The first-order valence-corrected chi connectivity index (χ1v) is 9.89. The molecule has 0 radical (unpaired) electrons. The number of hydrogen-bond donors (Lipinski definition) is 0. The SMILES string of the molecule is Cc1ccc(N2CC(c3ccc(Cl)cc3Oc3cc(F)ccc3C)CC2=O)cc1. The van der Waals surface area contributed by atoms with Crippen LogP contribution in [0.1, 0.15) is 29.0 Å². The Morgan fingerprint density at radius 1 is 1.00 bits per heavy atom. The molecule has 1 saturated heterocycles. The lowest BCUT2D eigenvalue weighted by atomic mass is 9.97. The molecule has 148 valence electrons. The van der Waals surface area contributed by atoms with Crippen LogP contribution in [-0.4, -0.2) is 12.5 Å². The Bertz CT molecular complexity index is 1060. The monoisotopic (exact) mass is 409 g/mol. The molecule has 1 aliphatic heterocycles. The summed E-state index contributed by atoms with van der Waals surface area (Å²) in [5.74, 6) is 0.658. The van der Waals surface area contributed by atoms with Crippen LogP contribution in [0.4, 0.5) is 10.1 Å². The minimum atomic E-state index is -0.365. The molecule has 3 aromatic rings. The quantitative estimate of drug-likeness (QED) is 0.498. The molecule has 5 heteroatoms. The summed E-state index contributed by atoms with van der Waals surface area (Å²) in [7, 11) is 0. The highest BCUT2D eigenvalue weighted by molar-refractivity contribution is 6.30. The van der Waals surface area contributed by atoms with Crippen LogP contribution in [0.2, 0.25) is 5.02 Å². The van der Waals surface area contributed by atoms with Gasteiger partial charge in [-0.05, 0) is 49.7 Å². The van der Waals surface area contributed by atoms with Gasteiger partial charge < -0.3 is 9.64 Å². The van der Waals surface area contributed by atoms with E-state index in [1.54, 1.807) is 23.1 Å². The lowest BCUT2D eigenvalue weighted by molar-refractivity contribution is -0.117. The van der Waals surface area contributed by atoms with Crippen molar-refractivity contribution in [2.45, 2.75) is 26.2 Å². The predicted octanol–water partition coefficient (Wildman–Crippen LogP) is 6.41. The minimum absolute atomic E-state index is 0.0371. The van der Waals surface area contributed by atoms with Gasteiger partial charge in [-0.2, -0.15) is 0 Å². The van der Waals surface area contributed by atoms with Gasteiger partial charge in [-0.1, -0.05) is 41.4 Å². The fourth-order valence-corrected chi connectivity index (χ4v) is 3.79. The van der Waals surface area contributed by atoms with Crippen LogP contribution in [0, 0.1) is 19.7 Å². The Labute approximate surface area is 174 Å². The van der Waals surface area contributed by atoms with Crippen molar-refractivity contribution in [3.63, 3.8) is 0 Å². The molecular weight excluding hydrogens is 389 g/mol. The number of carbonyl (C=O) groups is 1. The molecular formula is C24H21ClFNO2. The summed E-state index contributed by atoms with van der Waals surface area (Å²) in [4.78, 5) is 14.5. The van der Waals surface area contributed by atoms with Crippen LogP contribution in [0.15, 0.2) is 60.7 Å². The van der Waals surface area contributed by atoms with E-state index in [-0.39, 0.29) is 17.6 Å². The van der Waals surface area contributed by atoms with Crippen LogP contribution in [0.25, 0.3) is 0 Å². The molecule has 0 spiro atoms. The second-order valence-corrected chi connectivity index (χ2v) is 7.87. The molecule has 0 aromatic heterocycles. The third-order valence-electron chi connectivity index (χ3n) is 5.26. The summed E-state index contributed by atoms with van der Waals surface area (Å²) in [5, 5.41) is 0.525. The maximum atomic E-state index is 13.7. The van der Waals surface area contributed by atoms with Gasteiger partial charge in [-0.3, -0.25) is 4.79 Å². The van der Waals surface area contributed by atoms with E-state index in [1.807, 2.05) is 44.2 Å². The van der Waals surface area contributed by atoms with E-state index in [1.165, 1.54) is 12.1 Å². The first kappa shape index (κ1) is 19.5. The molecule has 3 nitrogen and oxygen atoms in total. The van der Waals surface area contributed by atoms with E-state index in [9.17, 15) is 9.18 Å². The van der Waals surface area contributed by atoms with Gasteiger partial charge in [-0.25, -0.2) is 4.39 Å². The maximum Gasteiger partial charge on any atom is 0.227 e. The van der Waals surface area contributed by atoms with E-state index in [4.69, 9.17) is 16.3 Å². The van der Waals surface area contributed by atoms with Crippen LogP contribution >= 0.6 is 11.6 Å². The van der Waals surface area contributed by atoms with E-state index in [2.05, 4.69) is 0 Å². The second kappa shape index (κ2) is 7.88. The number of aryl methyl sites for hydroxylation is 2. The van der Waals surface area contributed by atoms with Gasteiger partial charge in [-0.15, -0.1) is 0 Å². The Morgan fingerprint density at radius 3 is 2.52 bits per heavy atom. The summed E-state index contributed by atoms with van der Waals surface area (Å²) in [5.41, 5.74) is 3.75. The molecule has 3 aromatic carbocycles. The molecule has 0 N–H and O–H groups in total. The molecule has 1 atom stereocenters. The van der Waals surface area contributed by atoms with Crippen LogP contribution in [0.3, 0.4) is 0 Å². The molecule has 0 aliphatic carbocycles. The number of rotatable bonds is 4. The number of nitrogens with zero attached hydrogens (tertiary/aromatic N) is 1. The molecule has 0 saturated carbocycles. The average molecular weight is 410 g/mol. The standard InChI is InChI=1S/C24H21ClFNO2/c1-15-3-8-20(9-4-15)27-14-17(11-24(27)28)21-10-6-18(25)12-23(21)29-22-13-19(26)7-5-16(22)2/h3-10,12-13,17H,11,14H2,1-2H3. The fourth-order valence-electron chi connectivity index (χ4n) is 3.63. The van der Waals surface area contributed by atoms with Gasteiger partial charge in [0.25, 0.3) is 0 Å². The highest BCUT2D eigenvalue weighted by Gasteiger charge is 2.33. The van der Waals surface area contributed by atoms with Crippen molar-refractivity contribution in [3.05, 3.63) is 88.2 Å². The molecule has 4 rings (SSSR count). The van der Waals surface area contributed by atoms with Crippen molar-refractivity contribution in [2.75, 3.05) is 11.4 Å². The number of ether oxygens (including phenoxy) is 1. The van der Waals surface area contributed by atoms with Gasteiger partial charge in [0.1, 0.15) is 17.3 Å². The highest BCUT2D eigenvalue weighted by Crippen LogP contribution is 2.39. The number of anilines is 1. The topological polar surface area (TPSA) is 29.5 Å². The Hall–Kier alpha value is -2.85. The van der Waals surface area contributed by atoms with Gasteiger partial charge in [0, 0.05) is 41.2 Å². The first-order chi connectivity index (χ1) is 13.9. The zero-order chi connectivity index (χ0) is 20.5. The number of carbonyl (C=O) groups excluding carboxylic acids is 1. The average Bonchev–Trinajstić information content (AvgIpc) is 3.07. The zero-order valence-electron chi connectivity index (χ0n) is 16.3. The zero-order valence-corrected chi connectivity index (χ0v) is 17.0. The van der Waals surface area contributed by atoms with Gasteiger partial charge >= 0.3 is 0 Å². The largest absolute Gasteiger partial charge is 0.457 e. The van der Waals surface area contributed by atoms with Crippen molar-refractivity contribution >= 4 is 23.2 Å². The minimum Gasteiger partial charge on any atom is -0.457 e. The van der Waals surface area contributed by atoms with Gasteiger partial charge in [0.2, 0.25) is 5.91 Å². The number of benzene rings is 3. The fraction of sp³-hybridized carbons (Fsp3) is 0.208. The van der Waals surface area contributed by atoms with E-state index >= 15 is 0 Å². The molecule has 0 bridgehead atoms. The van der Waals surface area contributed by atoms with Crippen molar-refractivity contribution in [2.24, 2.45) is 0 Å². The molecule has 1 unspecified atom stereocenters. The summed E-state index contributed by atoms with van der Waals surface area (Å²) < 4.78 is 19.7. The molecule has 1 aliphatic rings. The van der Waals surface area contributed by atoms with Crippen LogP contribution < -0.4 is 9.64 Å². The van der Waals surface area contributed by atoms with Crippen LogP contribution in [-0.2, 0) is 4.79 Å². The molecule has 1 heterocycles. The second-order valence-electron chi connectivity index (χ2n) is 7.43. The lowest BCUT2D eigenvalue weighted by Crippen LogP contribution is -2.24. The Kier molecular flexibility index (Phi) is 5.29. The van der Waals surface area contributed by atoms with E-state index in [0.717, 1.165) is 22.4 Å². The predicted molar refractivity (Wildman–Crippen MR) is 114 cm³/mol. The van der Waals surface area contributed by atoms with Crippen molar-refractivity contribution in [3.8, 4) is 11.5 Å². The normalized spacial score (nSPS) is 16.3. The third kappa shape index (κ3) is 4.13. The lowest BCUT2D eigenvalue weighted by Gasteiger charge is -2.19. The number of amides is 1. The van der Waals surface area contributed by atoms with Crippen molar-refractivity contribution in [1.82, 2.24) is 0 Å². The van der Waals surface area contributed by atoms with E-state index in [0.29, 0.717) is 29.5 Å².